The van der Waals surface area contributed by atoms with Gasteiger partial charge in [0.15, 0.2) is 0 Å². The van der Waals surface area contributed by atoms with Crippen molar-refractivity contribution in [3.63, 3.8) is 0 Å². The van der Waals surface area contributed by atoms with Crippen LogP contribution in [0.25, 0.3) is 0 Å². The monoisotopic (exact) mass is 294 g/mol. The first-order valence-corrected chi connectivity index (χ1v) is 7.01. The van der Waals surface area contributed by atoms with Crippen LogP contribution in [-0.2, 0) is 9.53 Å². The van der Waals surface area contributed by atoms with Gasteiger partial charge in [-0.3, -0.25) is 4.79 Å². The van der Waals surface area contributed by atoms with Gasteiger partial charge in [0.05, 0.1) is 20.3 Å². The van der Waals surface area contributed by atoms with E-state index in [2.05, 4.69) is 5.32 Å². The van der Waals surface area contributed by atoms with E-state index in [0.29, 0.717) is 30.4 Å². The largest absolute Gasteiger partial charge is 0.497 e. The van der Waals surface area contributed by atoms with E-state index in [-0.39, 0.29) is 11.8 Å². The molecule has 1 saturated heterocycles. The Bertz CT molecular complexity index is 464. The molecule has 0 saturated carbocycles. The van der Waals surface area contributed by atoms with Crippen LogP contribution >= 0.6 is 0 Å². The van der Waals surface area contributed by atoms with Crippen molar-refractivity contribution in [2.45, 2.75) is 18.9 Å². The molecule has 0 radical (unpaired) electrons. The van der Waals surface area contributed by atoms with Crippen LogP contribution in [0.3, 0.4) is 0 Å². The molecule has 2 rings (SSSR count). The summed E-state index contributed by atoms with van der Waals surface area (Å²) < 4.78 is 15.6. The van der Waals surface area contributed by atoms with Gasteiger partial charge in [-0.05, 0) is 18.8 Å². The lowest BCUT2D eigenvalue weighted by atomic mass is 9.92. The fraction of sp³-hybridized carbons (Fsp3) is 0.533. The van der Waals surface area contributed by atoms with Crippen molar-refractivity contribution in [2.75, 3.05) is 32.8 Å². The zero-order valence-electron chi connectivity index (χ0n) is 12.4. The first kappa shape index (κ1) is 15.6. The SMILES string of the molecule is COc1cc(NC(=O)C(N)C2CCOCC2)cc(OC)c1. The second-order valence-electron chi connectivity index (χ2n) is 5.07. The third-order valence-corrected chi connectivity index (χ3v) is 3.70. The Balaban J connectivity index is 2.04. The minimum absolute atomic E-state index is 0.159. The molecule has 1 aliphatic heterocycles. The van der Waals surface area contributed by atoms with Crippen LogP contribution in [0.4, 0.5) is 5.69 Å². The molecule has 3 N–H and O–H groups in total. The smallest absolute Gasteiger partial charge is 0.241 e. The lowest BCUT2D eigenvalue weighted by Gasteiger charge is -2.26. The molecule has 1 fully saturated rings. The molecule has 6 heteroatoms. The maximum atomic E-state index is 12.3. The third-order valence-electron chi connectivity index (χ3n) is 3.70. The topological polar surface area (TPSA) is 82.8 Å². The fourth-order valence-corrected chi connectivity index (χ4v) is 2.39. The average Bonchev–Trinajstić information content (AvgIpc) is 2.54. The number of rotatable bonds is 5. The number of hydrogen-bond donors (Lipinski definition) is 2. The number of amides is 1. The van der Waals surface area contributed by atoms with Crippen molar-refractivity contribution in [1.29, 1.82) is 0 Å². The van der Waals surface area contributed by atoms with Crippen molar-refractivity contribution >= 4 is 11.6 Å². The number of anilines is 1. The van der Waals surface area contributed by atoms with Crippen LogP contribution in [0.15, 0.2) is 18.2 Å². The number of benzene rings is 1. The molecule has 1 unspecified atom stereocenters. The van der Waals surface area contributed by atoms with E-state index in [4.69, 9.17) is 19.9 Å². The molecule has 0 spiro atoms. The van der Waals surface area contributed by atoms with E-state index in [1.165, 1.54) is 0 Å². The lowest BCUT2D eigenvalue weighted by Crippen LogP contribution is -2.44. The van der Waals surface area contributed by atoms with E-state index in [1.807, 2.05) is 0 Å². The van der Waals surface area contributed by atoms with E-state index < -0.39 is 6.04 Å². The number of carbonyl (C=O) groups excluding carboxylic acids is 1. The standard InChI is InChI=1S/C15H22N2O4/c1-19-12-7-11(8-13(9-12)20-2)17-15(18)14(16)10-3-5-21-6-4-10/h7-10,14H,3-6,16H2,1-2H3,(H,17,18). The van der Waals surface area contributed by atoms with E-state index >= 15 is 0 Å². The summed E-state index contributed by atoms with van der Waals surface area (Å²) in [5, 5.41) is 2.82. The Labute approximate surface area is 124 Å². The predicted octanol–water partition coefficient (Wildman–Crippen LogP) is 1.40. The Morgan fingerprint density at radius 2 is 1.81 bits per heavy atom. The van der Waals surface area contributed by atoms with Gasteiger partial charge in [0.2, 0.25) is 5.91 Å². The van der Waals surface area contributed by atoms with Gasteiger partial charge >= 0.3 is 0 Å². The molecule has 1 aromatic rings. The summed E-state index contributed by atoms with van der Waals surface area (Å²) >= 11 is 0. The summed E-state index contributed by atoms with van der Waals surface area (Å²) in [7, 11) is 3.13. The molecule has 0 aromatic heterocycles. The third kappa shape index (κ3) is 4.09. The fourth-order valence-electron chi connectivity index (χ4n) is 2.39. The van der Waals surface area contributed by atoms with Crippen molar-refractivity contribution in [3.05, 3.63) is 18.2 Å². The Morgan fingerprint density at radius 1 is 1.24 bits per heavy atom. The molecule has 0 bridgehead atoms. The van der Waals surface area contributed by atoms with Crippen LogP contribution in [0.1, 0.15) is 12.8 Å². The summed E-state index contributed by atoms with van der Waals surface area (Å²) in [6, 6.07) is 4.67. The second-order valence-corrected chi connectivity index (χ2v) is 5.07. The summed E-state index contributed by atoms with van der Waals surface area (Å²) in [4.78, 5) is 12.3. The van der Waals surface area contributed by atoms with Gasteiger partial charge in [0, 0.05) is 37.1 Å². The molecule has 116 valence electrons. The van der Waals surface area contributed by atoms with Crippen LogP contribution in [-0.4, -0.2) is 39.4 Å². The summed E-state index contributed by atoms with van der Waals surface area (Å²) in [6.07, 6.45) is 1.63. The van der Waals surface area contributed by atoms with Crippen molar-refractivity contribution in [3.8, 4) is 11.5 Å². The van der Waals surface area contributed by atoms with E-state index in [1.54, 1.807) is 32.4 Å². The molecule has 1 atom stereocenters. The van der Waals surface area contributed by atoms with Crippen LogP contribution in [0.5, 0.6) is 11.5 Å². The summed E-state index contributed by atoms with van der Waals surface area (Å²) in [5.41, 5.74) is 6.66. The average molecular weight is 294 g/mol. The highest BCUT2D eigenvalue weighted by atomic mass is 16.5. The number of ether oxygens (including phenoxy) is 3. The predicted molar refractivity (Wildman–Crippen MR) is 79.7 cm³/mol. The maximum absolute atomic E-state index is 12.3. The highest BCUT2D eigenvalue weighted by Crippen LogP contribution is 2.26. The van der Waals surface area contributed by atoms with E-state index in [0.717, 1.165) is 12.8 Å². The van der Waals surface area contributed by atoms with Crippen molar-refractivity contribution in [2.24, 2.45) is 11.7 Å². The summed E-state index contributed by atoms with van der Waals surface area (Å²) in [5.74, 6) is 1.19. The lowest BCUT2D eigenvalue weighted by molar-refractivity contribution is -0.119. The number of nitrogens with two attached hydrogens (primary N) is 1. The van der Waals surface area contributed by atoms with Crippen LogP contribution in [0, 0.1) is 5.92 Å². The molecule has 1 amide bonds. The minimum atomic E-state index is -0.536. The van der Waals surface area contributed by atoms with E-state index in [9.17, 15) is 4.79 Å². The highest BCUT2D eigenvalue weighted by Gasteiger charge is 2.26. The van der Waals surface area contributed by atoms with Gasteiger partial charge in [-0.25, -0.2) is 0 Å². The van der Waals surface area contributed by atoms with Crippen LogP contribution in [0.2, 0.25) is 0 Å². The second kappa shape index (κ2) is 7.28. The molecule has 0 aliphatic carbocycles. The molecule has 1 aliphatic rings. The molecule has 21 heavy (non-hydrogen) atoms. The van der Waals surface area contributed by atoms with Gasteiger partial charge in [0.25, 0.3) is 0 Å². The zero-order valence-corrected chi connectivity index (χ0v) is 12.4. The quantitative estimate of drug-likeness (QED) is 0.857. The van der Waals surface area contributed by atoms with Gasteiger partial charge in [-0.15, -0.1) is 0 Å². The molecular weight excluding hydrogens is 272 g/mol. The Morgan fingerprint density at radius 3 is 2.33 bits per heavy atom. The molecule has 1 aromatic carbocycles. The zero-order chi connectivity index (χ0) is 15.2. The number of carbonyl (C=O) groups is 1. The number of hydrogen-bond acceptors (Lipinski definition) is 5. The first-order valence-electron chi connectivity index (χ1n) is 7.01. The molecule has 1 heterocycles. The molecular formula is C15H22N2O4. The maximum Gasteiger partial charge on any atom is 0.241 e. The van der Waals surface area contributed by atoms with Crippen LogP contribution < -0.4 is 20.5 Å². The minimum Gasteiger partial charge on any atom is -0.497 e. The van der Waals surface area contributed by atoms with Crippen molar-refractivity contribution < 1.29 is 19.0 Å². The van der Waals surface area contributed by atoms with Gasteiger partial charge in [-0.1, -0.05) is 0 Å². The Kier molecular flexibility index (Phi) is 5.41. The number of nitrogens with one attached hydrogen (secondary N) is 1. The van der Waals surface area contributed by atoms with Gasteiger partial charge in [0.1, 0.15) is 11.5 Å². The van der Waals surface area contributed by atoms with Crippen molar-refractivity contribution in [1.82, 2.24) is 0 Å². The first-order chi connectivity index (χ1) is 10.1. The highest BCUT2D eigenvalue weighted by molar-refractivity contribution is 5.95. The van der Waals surface area contributed by atoms with Gasteiger partial charge in [-0.2, -0.15) is 0 Å². The summed E-state index contributed by atoms with van der Waals surface area (Å²) in [6.45, 7) is 1.33. The molecule has 6 nitrogen and oxygen atoms in total. The van der Waals surface area contributed by atoms with Gasteiger partial charge < -0.3 is 25.3 Å². The number of methoxy groups -OCH3 is 2. The Hall–Kier alpha value is -1.79. The normalized spacial score (nSPS) is 17.1.